The summed E-state index contributed by atoms with van der Waals surface area (Å²) in [5.74, 6) is 0.879. The van der Waals surface area contributed by atoms with Crippen molar-refractivity contribution >= 4 is 5.91 Å². The first-order valence-electron chi connectivity index (χ1n) is 8.93. The summed E-state index contributed by atoms with van der Waals surface area (Å²) in [5.41, 5.74) is 4.04. The number of carbonyl (C=O) groups is 1. The Kier molecular flexibility index (Phi) is 4.73. The number of fused-ring (bicyclic) bond motifs is 1. The molecule has 0 aliphatic heterocycles. The Morgan fingerprint density at radius 1 is 1.12 bits per heavy atom. The van der Waals surface area contributed by atoms with Crippen LogP contribution < -0.4 is 5.32 Å². The number of benzene rings is 1. The topological polar surface area (TPSA) is 80.9 Å². The quantitative estimate of drug-likeness (QED) is 0.767. The standard InChI is InChI=1S/C20H20N4O2/c25-19(16-9-8-14-5-1-2-6-15(14)13-16)22-12-10-18-23-20(26-24-18)17-7-3-4-11-21-17/h3-4,7-9,11,13H,1-2,5-6,10,12H2,(H,22,25). The number of nitrogens with zero attached hydrogens (tertiary/aromatic N) is 3. The van der Waals surface area contributed by atoms with E-state index in [0.717, 1.165) is 12.8 Å². The zero-order valence-electron chi connectivity index (χ0n) is 14.4. The molecule has 1 aliphatic carbocycles. The van der Waals surface area contributed by atoms with Crippen LogP contribution in [0.5, 0.6) is 0 Å². The summed E-state index contributed by atoms with van der Waals surface area (Å²) >= 11 is 0. The average Bonchev–Trinajstić information content (AvgIpc) is 3.17. The van der Waals surface area contributed by atoms with Gasteiger partial charge in [-0.25, -0.2) is 0 Å². The molecule has 2 aromatic heterocycles. The van der Waals surface area contributed by atoms with E-state index in [1.165, 1.54) is 24.0 Å². The highest BCUT2D eigenvalue weighted by molar-refractivity contribution is 5.94. The fourth-order valence-corrected chi connectivity index (χ4v) is 3.21. The monoisotopic (exact) mass is 348 g/mol. The lowest BCUT2D eigenvalue weighted by atomic mass is 9.90. The van der Waals surface area contributed by atoms with E-state index < -0.39 is 0 Å². The van der Waals surface area contributed by atoms with E-state index in [1.807, 2.05) is 30.3 Å². The lowest BCUT2D eigenvalue weighted by Gasteiger charge is -2.16. The Hall–Kier alpha value is -3.02. The number of amides is 1. The first-order chi connectivity index (χ1) is 12.8. The molecule has 1 aliphatic rings. The van der Waals surface area contributed by atoms with Gasteiger partial charge in [0.25, 0.3) is 11.8 Å². The van der Waals surface area contributed by atoms with E-state index in [0.29, 0.717) is 35.9 Å². The first-order valence-corrected chi connectivity index (χ1v) is 8.93. The highest BCUT2D eigenvalue weighted by atomic mass is 16.5. The Balaban J connectivity index is 1.33. The van der Waals surface area contributed by atoms with Gasteiger partial charge in [0, 0.05) is 24.7 Å². The molecular formula is C20H20N4O2. The molecule has 0 bridgehead atoms. The highest BCUT2D eigenvalue weighted by Gasteiger charge is 2.13. The van der Waals surface area contributed by atoms with Crippen molar-refractivity contribution in [2.24, 2.45) is 0 Å². The number of hydrogen-bond donors (Lipinski definition) is 1. The minimum atomic E-state index is -0.0631. The van der Waals surface area contributed by atoms with Crippen LogP contribution in [0.15, 0.2) is 47.1 Å². The number of rotatable bonds is 5. The van der Waals surface area contributed by atoms with Gasteiger partial charge in [-0.1, -0.05) is 17.3 Å². The third-order valence-electron chi connectivity index (χ3n) is 4.60. The number of nitrogens with one attached hydrogen (secondary N) is 1. The largest absolute Gasteiger partial charge is 0.352 e. The minimum absolute atomic E-state index is 0.0631. The predicted molar refractivity (Wildman–Crippen MR) is 96.7 cm³/mol. The smallest absolute Gasteiger partial charge is 0.276 e. The fraction of sp³-hybridized carbons (Fsp3) is 0.300. The normalized spacial score (nSPS) is 13.2. The van der Waals surface area contributed by atoms with E-state index in [4.69, 9.17) is 4.52 Å². The van der Waals surface area contributed by atoms with Gasteiger partial charge >= 0.3 is 0 Å². The summed E-state index contributed by atoms with van der Waals surface area (Å²) < 4.78 is 5.22. The number of aryl methyl sites for hydroxylation is 2. The third-order valence-corrected chi connectivity index (χ3v) is 4.60. The molecule has 3 aromatic rings. The molecule has 0 saturated carbocycles. The Labute approximate surface area is 151 Å². The van der Waals surface area contributed by atoms with Crippen LogP contribution in [0.4, 0.5) is 0 Å². The van der Waals surface area contributed by atoms with Crippen LogP contribution in [0, 0.1) is 0 Å². The van der Waals surface area contributed by atoms with Gasteiger partial charge < -0.3 is 9.84 Å². The molecule has 0 fully saturated rings. The maximum Gasteiger partial charge on any atom is 0.276 e. The maximum absolute atomic E-state index is 12.4. The van der Waals surface area contributed by atoms with Crippen molar-refractivity contribution < 1.29 is 9.32 Å². The molecule has 0 unspecified atom stereocenters. The zero-order valence-corrected chi connectivity index (χ0v) is 14.4. The second kappa shape index (κ2) is 7.47. The van der Waals surface area contributed by atoms with Gasteiger partial charge in [0.2, 0.25) is 0 Å². The van der Waals surface area contributed by atoms with Gasteiger partial charge in [0.15, 0.2) is 5.82 Å². The molecule has 2 heterocycles. The van der Waals surface area contributed by atoms with E-state index in [-0.39, 0.29) is 5.91 Å². The van der Waals surface area contributed by atoms with Crippen molar-refractivity contribution in [3.8, 4) is 11.6 Å². The fourth-order valence-electron chi connectivity index (χ4n) is 3.21. The molecule has 6 nitrogen and oxygen atoms in total. The van der Waals surface area contributed by atoms with Crippen molar-refractivity contribution in [1.29, 1.82) is 0 Å². The number of carbonyl (C=O) groups excluding carboxylic acids is 1. The zero-order chi connectivity index (χ0) is 17.8. The second-order valence-electron chi connectivity index (χ2n) is 6.43. The van der Waals surface area contributed by atoms with Gasteiger partial charge in [0.1, 0.15) is 5.69 Å². The summed E-state index contributed by atoms with van der Waals surface area (Å²) in [5, 5.41) is 6.87. The van der Waals surface area contributed by atoms with E-state index in [9.17, 15) is 4.79 Å². The number of hydrogen-bond acceptors (Lipinski definition) is 5. The Morgan fingerprint density at radius 2 is 2.00 bits per heavy atom. The lowest BCUT2D eigenvalue weighted by Crippen LogP contribution is -2.26. The second-order valence-corrected chi connectivity index (χ2v) is 6.43. The molecule has 132 valence electrons. The molecule has 0 atom stereocenters. The molecule has 0 radical (unpaired) electrons. The summed E-state index contributed by atoms with van der Waals surface area (Å²) in [4.78, 5) is 20.9. The Morgan fingerprint density at radius 3 is 2.85 bits per heavy atom. The van der Waals surface area contributed by atoms with Crippen molar-refractivity contribution in [1.82, 2.24) is 20.4 Å². The number of pyridine rings is 1. The number of aromatic nitrogens is 3. The average molecular weight is 348 g/mol. The van der Waals surface area contributed by atoms with Gasteiger partial charge in [-0.3, -0.25) is 9.78 Å². The SMILES string of the molecule is O=C(NCCc1noc(-c2ccccn2)n1)c1ccc2c(c1)CCCC2. The summed E-state index contributed by atoms with van der Waals surface area (Å²) in [7, 11) is 0. The van der Waals surface area contributed by atoms with E-state index >= 15 is 0 Å². The lowest BCUT2D eigenvalue weighted by molar-refractivity contribution is 0.0953. The van der Waals surface area contributed by atoms with Gasteiger partial charge in [0.05, 0.1) is 0 Å². The molecule has 0 spiro atoms. The van der Waals surface area contributed by atoms with Crippen LogP contribution in [0.1, 0.15) is 40.2 Å². The van der Waals surface area contributed by atoms with Crippen molar-refractivity contribution in [2.75, 3.05) is 6.54 Å². The van der Waals surface area contributed by atoms with E-state index in [1.54, 1.807) is 6.20 Å². The van der Waals surface area contributed by atoms with Crippen LogP contribution in [0.2, 0.25) is 0 Å². The summed E-state index contributed by atoms with van der Waals surface area (Å²) in [6.45, 7) is 0.455. The molecule has 6 heteroatoms. The van der Waals surface area contributed by atoms with Gasteiger partial charge in [-0.15, -0.1) is 0 Å². The first kappa shape index (κ1) is 16.4. The molecule has 26 heavy (non-hydrogen) atoms. The molecule has 1 amide bonds. The molecule has 1 N–H and O–H groups in total. The van der Waals surface area contributed by atoms with E-state index in [2.05, 4.69) is 26.5 Å². The van der Waals surface area contributed by atoms with Crippen LogP contribution in [0.25, 0.3) is 11.6 Å². The minimum Gasteiger partial charge on any atom is -0.352 e. The Bertz CT molecular complexity index is 905. The van der Waals surface area contributed by atoms with Crippen molar-refractivity contribution in [3.05, 3.63) is 65.1 Å². The molecule has 1 aromatic carbocycles. The predicted octanol–water partition coefficient (Wildman–Crippen LogP) is 2.98. The summed E-state index contributed by atoms with van der Waals surface area (Å²) in [6.07, 6.45) is 6.81. The van der Waals surface area contributed by atoms with Crippen LogP contribution in [0.3, 0.4) is 0 Å². The van der Waals surface area contributed by atoms with Crippen molar-refractivity contribution in [2.45, 2.75) is 32.1 Å². The van der Waals surface area contributed by atoms with Gasteiger partial charge in [-0.2, -0.15) is 4.98 Å². The molecule has 4 rings (SSSR count). The molecule has 0 saturated heterocycles. The third kappa shape index (κ3) is 3.64. The molecular weight excluding hydrogens is 328 g/mol. The van der Waals surface area contributed by atoms with Crippen molar-refractivity contribution in [3.63, 3.8) is 0 Å². The van der Waals surface area contributed by atoms with Crippen LogP contribution in [-0.4, -0.2) is 27.6 Å². The maximum atomic E-state index is 12.4. The summed E-state index contributed by atoms with van der Waals surface area (Å²) in [6, 6.07) is 11.5. The van der Waals surface area contributed by atoms with Crippen LogP contribution in [-0.2, 0) is 19.3 Å². The highest BCUT2D eigenvalue weighted by Crippen LogP contribution is 2.22. The van der Waals surface area contributed by atoms with Gasteiger partial charge in [-0.05, 0) is 61.1 Å². The van der Waals surface area contributed by atoms with Crippen LogP contribution >= 0.6 is 0 Å².